The van der Waals surface area contributed by atoms with Gasteiger partial charge in [0, 0.05) is 37.9 Å². The van der Waals surface area contributed by atoms with E-state index in [-0.39, 0.29) is 11.5 Å². The molecule has 0 saturated heterocycles. The van der Waals surface area contributed by atoms with Gasteiger partial charge in [0.25, 0.3) is 5.56 Å². The molecule has 4 rings (SSSR count). The predicted molar refractivity (Wildman–Crippen MR) is 142 cm³/mol. The van der Waals surface area contributed by atoms with Crippen molar-refractivity contribution in [2.45, 2.75) is 33.1 Å². The lowest BCUT2D eigenvalue weighted by molar-refractivity contribution is 0.742. The molecule has 0 radical (unpaired) electrons. The highest BCUT2D eigenvalue weighted by molar-refractivity contribution is 5.74. The molecular weight excluding hydrogens is 438 g/mol. The molecule has 35 heavy (non-hydrogen) atoms. The normalized spacial score (nSPS) is 11.0. The molecule has 8 nitrogen and oxygen atoms in total. The Hall–Kier alpha value is -4.07. The number of H-pyrrole nitrogens is 1. The van der Waals surface area contributed by atoms with Crippen LogP contribution >= 0.6 is 0 Å². The molecule has 5 N–H and O–H groups in total. The smallest absolute Gasteiger partial charge is 0.278 e. The van der Waals surface area contributed by atoms with Crippen LogP contribution in [-0.4, -0.2) is 40.1 Å². The Balaban J connectivity index is 1.72. The van der Waals surface area contributed by atoms with Gasteiger partial charge in [-0.15, -0.1) is 0 Å². The molecule has 2 heterocycles. The quantitative estimate of drug-likeness (QED) is 0.160. The lowest BCUT2D eigenvalue weighted by Gasteiger charge is -2.21. The first-order chi connectivity index (χ1) is 17.0. The molecule has 0 atom stereocenters. The lowest BCUT2D eigenvalue weighted by Crippen LogP contribution is -2.31. The van der Waals surface area contributed by atoms with Gasteiger partial charge in [0.15, 0.2) is 11.8 Å². The molecule has 0 fully saturated rings. The summed E-state index contributed by atoms with van der Waals surface area (Å²) in [5.41, 5.74) is 10.8. The zero-order valence-electron chi connectivity index (χ0n) is 20.3. The van der Waals surface area contributed by atoms with Crippen LogP contribution in [0.5, 0.6) is 0 Å². The van der Waals surface area contributed by atoms with Crippen molar-refractivity contribution in [3.05, 3.63) is 88.1 Å². The van der Waals surface area contributed by atoms with E-state index in [0.29, 0.717) is 30.9 Å². The van der Waals surface area contributed by atoms with Crippen LogP contribution in [0.1, 0.15) is 37.2 Å². The molecule has 0 aliphatic carbocycles. The Kier molecular flexibility index (Phi) is 7.50. The van der Waals surface area contributed by atoms with Crippen LogP contribution in [0.2, 0.25) is 0 Å². The minimum atomic E-state index is -0.0954. The number of benzene rings is 2. The number of aromatic nitrogens is 3. The van der Waals surface area contributed by atoms with Crippen LogP contribution in [0, 0.1) is 5.41 Å². The number of nitrogens with zero attached hydrogens (tertiary/aromatic N) is 3. The molecule has 0 spiro atoms. The summed E-state index contributed by atoms with van der Waals surface area (Å²) in [5.74, 6) is 0.598. The van der Waals surface area contributed by atoms with Gasteiger partial charge in [-0.1, -0.05) is 42.5 Å². The molecule has 0 amide bonds. The number of nitrogens with two attached hydrogens (primary N) is 1. The van der Waals surface area contributed by atoms with Crippen molar-refractivity contribution in [1.82, 2.24) is 19.9 Å². The molecule has 2 aliphatic heterocycles. The molecule has 0 saturated carbocycles. The van der Waals surface area contributed by atoms with Crippen LogP contribution in [0.25, 0.3) is 17.1 Å². The first-order valence-electron chi connectivity index (χ1n) is 12.1. The molecule has 0 bridgehead atoms. The summed E-state index contributed by atoms with van der Waals surface area (Å²) in [6, 6.07) is 18.3. The molecule has 182 valence electrons. The number of guanidine groups is 1. The van der Waals surface area contributed by atoms with Crippen molar-refractivity contribution >= 4 is 11.6 Å². The van der Waals surface area contributed by atoms with Gasteiger partial charge in [-0.2, -0.15) is 0 Å². The van der Waals surface area contributed by atoms with Gasteiger partial charge in [-0.05, 0) is 49.9 Å². The van der Waals surface area contributed by atoms with Gasteiger partial charge in [0.2, 0.25) is 0 Å². The van der Waals surface area contributed by atoms with E-state index in [1.807, 2.05) is 36.5 Å². The van der Waals surface area contributed by atoms with E-state index in [0.717, 1.165) is 42.0 Å². The second-order valence-corrected chi connectivity index (χ2v) is 8.53. The predicted octanol–water partition coefficient (Wildman–Crippen LogP) is 3.52. The molecular formula is C27H33N7O. The first-order valence-corrected chi connectivity index (χ1v) is 12.1. The fraction of sp³-hybridized carbons (Fsp3) is 0.296. The number of aromatic amines is 1. The summed E-state index contributed by atoms with van der Waals surface area (Å²) in [5, 5.41) is 10.2. The van der Waals surface area contributed by atoms with Crippen LogP contribution in [0.3, 0.4) is 0 Å². The van der Waals surface area contributed by atoms with Gasteiger partial charge in [0.1, 0.15) is 5.69 Å². The van der Waals surface area contributed by atoms with Crippen molar-refractivity contribution in [2.75, 3.05) is 24.5 Å². The van der Waals surface area contributed by atoms with E-state index in [1.54, 1.807) is 4.57 Å². The van der Waals surface area contributed by atoms with Gasteiger partial charge in [0.05, 0.1) is 11.4 Å². The van der Waals surface area contributed by atoms with Crippen molar-refractivity contribution < 1.29 is 0 Å². The summed E-state index contributed by atoms with van der Waals surface area (Å²) in [4.78, 5) is 23.9. The van der Waals surface area contributed by atoms with Crippen molar-refractivity contribution in [3.63, 3.8) is 0 Å². The van der Waals surface area contributed by atoms with Gasteiger partial charge in [-0.3, -0.25) is 14.8 Å². The lowest BCUT2D eigenvalue weighted by atomic mass is 10.1. The second kappa shape index (κ2) is 10.9. The fourth-order valence-corrected chi connectivity index (χ4v) is 4.33. The van der Waals surface area contributed by atoms with Gasteiger partial charge in [-0.25, -0.2) is 4.98 Å². The van der Waals surface area contributed by atoms with E-state index in [2.05, 4.69) is 53.3 Å². The van der Waals surface area contributed by atoms with Crippen molar-refractivity contribution in [1.29, 1.82) is 5.41 Å². The largest absolute Gasteiger partial charge is 0.372 e. The molecule has 2 aromatic rings. The van der Waals surface area contributed by atoms with Crippen LogP contribution < -0.4 is 21.5 Å². The zero-order valence-corrected chi connectivity index (χ0v) is 20.3. The summed E-state index contributed by atoms with van der Waals surface area (Å²) < 4.78 is 1.66. The van der Waals surface area contributed by atoms with E-state index < -0.39 is 0 Å². The third-order valence-corrected chi connectivity index (χ3v) is 6.19. The number of hydrogen-bond donors (Lipinski definition) is 4. The fourth-order valence-electron chi connectivity index (χ4n) is 4.33. The van der Waals surface area contributed by atoms with E-state index in [1.165, 1.54) is 5.69 Å². The monoisotopic (exact) mass is 471 g/mol. The van der Waals surface area contributed by atoms with Crippen LogP contribution in [0.15, 0.2) is 65.6 Å². The SMILES string of the molecule is CCN(CC)c1ccc(-c2cn3c(=O)c(Cc4ccccc4)nc-3c(CCCNC(=N)N)[nH]2)cc1. The van der Waals surface area contributed by atoms with Crippen LogP contribution in [-0.2, 0) is 12.8 Å². The minimum absolute atomic E-state index is 0.0472. The summed E-state index contributed by atoms with van der Waals surface area (Å²) in [6.45, 7) is 6.76. The average Bonchev–Trinajstić information content (AvgIpc) is 3.18. The Morgan fingerprint density at radius 3 is 2.49 bits per heavy atom. The van der Waals surface area contributed by atoms with E-state index in [9.17, 15) is 4.79 Å². The highest BCUT2D eigenvalue weighted by Crippen LogP contribution is 2.25. The molecule has 2 aliphatic rings. The molecule has 0 aromatic heterocycles. The first kappa shape index (κ1) is 24.1. The van der Waals surface area contributed by atoms with Gasteiger partial charge >= 0.3 is 0 Å². The highest BCUT2D eigenvalue weighted by Gasteiger charge is 2.20. The van der Waals surface area contributed by atoms with Gasteiger partial charge < -0.3 is 20.9 Å². The van der Waals surface area contributed by atoms with E-state index in [4.69, 9.17) is 16.1 Å². The Morgan fingerprint density at radius 1 is 1.11 bits per heavy atom. The molecule has 0 unspecified atom stereocenters. The summed E-state index contributed by atoms with van der Waals surface area (Å²) in [7, 11) is 0. The second-order valence-electron chi connectivity index (χ2n) is 8.53. The number of hydrogen-bond acceptors (Lipinski definition) is 4. The number of nitrogens with one attached hydrogen (secondary N) is 3. The Labute approximate surface area is 205 Å². The van der Waals surface area contributed by atoms with Crippen LogP contribution in [0.4, 0.5) is 5.69 Å². The maximum atomic E-state index is 13.3. The molecule has 2 aromatic carbocycles. The minimum Gasteiger partial charge on any atom is -0.372 e. The van der Waals surface area contributed by atoms with Crippen molar-refractivity contribution in [3.8, 4) is 17.1 Å². The standard InChI is InChI=1S/C27H33N7O/c1-3-33(4-2)21-14-12-20(13-15-21)24-18-34-25(22(31-24)11-8-16-30-27(28)29)32-23(26(34)35)17-19-9-6-5-7-10-19/h5-7,9-10,12-15,18,31H,3-4,8,11,16-17H2,1-2H3,(H4,28,29,30). The number of aryl methyl sites for hydroxylation is 1. The average molecular weight is 472 g/mol. The number of rotatable bonds is 10. The Morgan fingerprint density at radius 2 is 1.83 bits per heavy atom. The summed E-state index contributed by atoms with van der Waals surface area (Å²) in [6.07, 6.45) is 3.74. The highest BCUT2D eigenvalue weighted by atomic mass is 16.1. The summed E-state index contributed by atoms with van der Waals surface area (Å²) >= 11 is 0. The number of fused-ring (bicyclic) bond motifs is 1. The third-order valence-electron chi connectivity index (χ3n) is 6.19. The molecule has 8 heteroatoms. The Bertz CT molecular complexity index is 1290. The topological polar surface area (TPSA) is 116 Å². The van der Waals surface area contributed by atoms with E-state index >= 15 is 0 Å². The maximum Gasteiger partial charge on any atom is 0.278 e. The number of anilines is 1. The number of imidazole rings is 1. The third kappa shape index (κ3) is 5.54. The maximum absolute atomic E-state index is 13.3. The zero-order chi connectivity index (χ0) is 24.8. The van der Waals surface area contributed by atoms with Crippen molar-refractivity contribution in [2.24, 2.45) is 5.73 Å².